The molecule has 114 valence electrons. The second kappa shape index (κ2) is 6.71. The Labute approximate surface area is 127 Å². The fraction of sp³-hybridized carbons (Fsp3) is 0.188. The molecule has 1 heterocycles. The van der Waals surface area contributed by atoms with Crippen LogP contribution in [-0.4, -0.2) is 18.0 Å². The van der Waals surface area contributed by atoms with Crippen molar-refractivity contribution in [1.82, 2.24) is 0 Å². The Hall–Kier alpha value is -2.89. The van der Waals surface area contributed by atoms with Crippen molar-refractivity contribution in [2.75, 3.05) is 5.32 Å². The Morgan fingerprint density at radius 2 is 2.00 bits per heavy atom. The van der Waals surface area contributed by atoms with Gasteiger partial charge in [-0.15, -0.1) is 0 Å². The third-order valence-corrected chi connectivity index (χ3v) is 2.97. The van der Waals surface area contributed by atoms with Gasteiger partial charge in [-0.05, 0) is 37.6 Å². The molecule has 0 aliphatic carbocycles. The van der Waals surface area contributed by atoms with Crippen LogP contribution in [0.4, 0.5) is 5.69 Å². The van der Waals surface area contributed by atoms with Crippen molar-refractivity contribution >= 4 is 17.6 Å². The average molecular weight is 300 g/mol. The number of aryl methyl sites for hydroxylation is 1. The lowest BCUT2D eigenvalue weighted by Gasteiger charge is -2.13. The van der Waals surface area contributed by atoms with Crippen LogP contribution in [0.3, 0.4) is 0 Å². The second-order valence-corrected chi connectivity index (χ2v) is 4.82. The second-order valence-electron chi connectivity index (χ2n) is 4.82. The van der Waals surface area contributed by atoms with Gasteiger partial charge in [0.25, 0.3) is 5.91 Å². The van der Waals surface area contributed by atoms with E-state index in [4.69, 9.17) is 4.74 Å². The molecule has 6 nitrogen and oxygen atoms in total. The van der Waals surface area contributed by atoms with E-state index in [0.717, 1.165) is 5.56 Å². The van der Waals surface area contributed by atoms with Crippen molar-refractivity contribution in [2.45, 2.75) is 20.0 Å². The largest absolute Gasteiger partial charge is 0.618 e. The summed E-state index contributed by atoms with van der Waals surface area (Å²) in [6.45, 7) is 3.35. The average Bonchev–Trinajstić information content (AvgIpc) is 2.47. The quantitative estimate of drug-likeness (QED) is 0.530. The number of amides is 1. The van der Waals surface area contributed by atoms with Gasteiger partial charge >= 0.3 is 11.7 Å². The lowest BCUT2D eigenvalue weighted by atomic mass is 10.2. The molecular weight excluding hydrogens is 284 g/mol. The summed E-state index contributed by atoms with van der Waals surface area (Å²) in [6, 6.07) is 11.6. The molecule has 22 heavy (non-hydrogen) atoms. The van der Waals surface area contributed by atoms with Gasteiger partial charge in [0.15, 0.2) is 12.3 Å². The maximum atomic E-state index is 12.0. The Morgan fingerprint density at radius 3 is 2.68 bits per heavy atom. The number of hydrogen-bond acceptors (Lipinski definition) is 4. The van der Waals surface area contributed by atoms with Crippen molar-refractivity contribution in [3.05, 3.63) is 65.1 Å². The van der Waals surface area contributed by atoms with Crippen LogP contribution < -0.4 is 10.0 Å². The Bertz CT molecular complexity index is 700. The molecule has 0 saturated carbocycles. The number of esters is 1. The first-order valence-corrected chi connectivity index (χ1v) is 6.74. The molecule has 0 aliphatic heterocycles. The number of carbonyl (C=O) groups is 2. The topological polar surface area (TPSA) is 82.3 Å². The molecule has 1 atom stereocenters. The van der Waals surface area contributed by atoms with Crippen molar-refractivity contribution in [3.63, 3.8) is 0 Å². The van der Waals surface area contributed by atoms with Crippen LogP contribution in [0.2, 0.25) is 0 Å². The third-order valence-electron chi connectivity index (χ3n) is 2.97. The van der Waals surface area contributed by atoms with Gasteiger partial charge in [-0.2, -0.15) is 4.73 Å². The number of aromatic nitrogens is 1. The summed E-state index contributed by atoms with van der Waals surface area (Å²) in [4.78, 5) is 23.9. The van der Waals surface area contributed by atoms with Crippen LogP contribution in [0.1, 0.15) is 23.0 Å². The third kappa shape index (κ3) is 3.82. The smallest absolute Gasteiger partial charge is 0.405 e. The SMILES string of the molecule is Cc1cccc(NC(=O)[C@H](C)OC(=O)c2cccc[n+]2[O-])c1. The van der Waals surface area contributed by atoms with Crippen LogP contribution >= 0.6 is 0 Å². The summed E-state index contributed by atoms with van der Waals surface area (Å²) in [5, 5.41) is 14.1. The summed E-state index contributed by atoms with van der Waals surface area (Å²) >= 11 is 0. The van der Waals surface area contributed by atoms with E-state index in [-0.39, 0.29) is 5.69 Å². The molecular formula is C16H16N2O4. The summed E-state index contributed by atoms with van der Waals surface area (Å²) in [5.74, 6) is -1.31. The minimum absolute atomic E-state index is 0.169. The van der Waals surface area contributed by atoms with E-state index in [1.807, 2.05) is 19.1 Å². The molecule has 6 heteroatoms. The first kappa shape index (κ1) is 15.5. The number of nitrogens with one attached hydrogen (secondary N) is 1. The summed E-state index contributed by atoms with van der Waals surface area (Å²) < 4.78 is 5.41. The predicted molar refractivity (Wildman–Crippen MR) is 80.1 cm³/mol. The van der Waals surface area contributed by atoms with Crippen LogP contribution in [0.15, 0.2) is 48.7 Å². The Balaban J connectivity index is 1.99. The van der Waals surface area contributed by atoms with Gasteiger partial charge < -0.3 is 15.3 Å². The van der Waals surface area contributed by atoms with Crippen molar-refractivity contribution in [2.24, 2.45) is 0 Å². The lowest BCUT2D eigenvalue weighted by Crippen LogP contribution is -2.37. The van der Waals surface area contributed by atoms with E-state index in [9.17, 15) is 14.8 Å². The highest BCUT2D eigenvalue weighted by molar-refractivity contribution is 5.96. The van der Waals surface area contributed by atoms with E-state index in [1.54, 1.807) is 18.2 Å². The molecule has 0 unspecified atom stereocenters. The van der Waals surface area contributed by atoms with Crippen LogP contribution in [-0.2, 0) is 9.53 Å². The highest BCUT2D eigenvalue weighted by Crippen LogP contribution is 2.10. The van der Waals surface area contributed by atoms with Gasteiger partial charge in [0.1, 0.15) is 0 Å². The summed E-state index contributed by atoms with van der Waals surface area (Å²) in [5.41, 5.74) is 1.45. The molecule has 0 bridgehead atoms. The highest BCUT2D eigenvalue weighted by Gasteiger charge is 2.23. The zero-order valence-electron chi connectivity index (χ0n) is 12.3. The molecule has 0 saturated heterocycles. The van der Waals surface area contributed by atoms with E-state index in [2.05, 4.69) is 5.32 Å². The molecule has 1 N–H and O–H groups in total. The molecule has 0 spiro atoms. The van der Waals surface area contributed by atoms with Crippen LogP contribution in [0.5, 0.6) is 0 Å². The lowest BCUT2D eigenvalue weighted by molar-refractivity contribution is -0.608. The number of rotatable bonds is 4. The number of pyridine rings is 1. The monoisotopic (exact) mass is 300 g/mol. The van der Waals surface area contributed by atoms with Crippen molar-refractivity contribution in [3.8, 4) is 0 Å². The Morgan fingerprint density at radius 1 is 1.23 bits per heavy atom. The van der Waals surface area contributed by atoms with Gasteiger partial charge in [0, 0.05) is 17.8 Å². The number of hydrogen-bond donors (Lipinski definition) is 1. The van der Waals surface area contributed by atoms with Gasteiger partial charge in [0.05, 0.1) is 0 Å². The number of carbonyl (C=O) groups excluding carboxylic acids is 2. The number of anilines is 1. The normalized spacial score (nSPS) is 11.5. The molecule has 2 rings (SSSR count). The van der Waals surface area contributed by atoms with E-state index >= 15 is 0 Å². The first-order valence-electron chi connectivity index (χ1n) is 6.74. The molecule has 0 radical (unpaired) electrons. The molecule has 1 aromatic carbocycles. The van der Waals surface area contributed by atoms with Crippen LogP contribution in [0.25, 0.3) is 0 Å². The maximum absolute atomic E-state index is 12.0. The number of benzene rings is 1. The fourth-order valence-electron chi connectivity index (χ4n) is 1.83. The van der Waals surface area contributed by atoms with E-state index < -0.39 is 18.0 Å². The Kier molecular flexibility index (Phi) is 4.73. The number of nitrogens with zero attached hydrogens (tertiary/aromatic N) is 1. The zero-order chi connectivity index (χ0) is 16.1. The molecule has 0 aliphatic rings. The molecule has 0 fully saturated rings. The first-order chi connectivity index (χ1) is 10.5. The van der Waals surface area contributed by atoms with Crippen molar-refractivity contribution in [1.29, 1.82) is 0 Å². The zero-order valence-corrected chi connectivity index (χ0v) is 12.3. The van der Waals surface area contributed by atoms with Gasteiger partial charge in [-0.1, -0.05) is 12.1 Å². The summed E-state index contributed by atoms with van der Waals surface area (Å²) in [7, 11) is 0. The maximum Gasteiger partial charge on any atom is 0.405 e. The van der Waals surface area contributed by atoms with E-state index in [0.29, 0.717) is 10.4 Å². The molecule has 2 aromatic rings. The predicted octanol–water partition coefficient (Wildman–Crippen LogP) is 1.81. The van der Waals surface area contributed by atoms with Crippen LogP contribution in [0, 0.1) is 12.1 Å². The van der Waals surface area contributed by atoms with E-state index in [1.165, 1.54) is 25.3 Å². The van der Waals surface area contributed by atoms with Gasteiger partial charge in [-0.3, -0.25) is 4.79 Å². The standard InChI is InChI=1S/C16H16N2O4/c1-11-6-5-7-13(10-11)17-15(19)12(2)22-16(20)14-8-3-4-9-18(14)21/h3-10,12H,1-2H3,(H,17,19)/t12-/m0/s1. The van der Waals surface area contributed by atoms with Gasteiger partial charge in [0.2, 0.25) is 0 Å². The number of ether oxygens (including phenoxy) is 1. The minimum Gasteiger partial charge on any atom is -0.618 e. The van der Waals surface area contributed by atoms with Gasteiger partial charge in [-0.25, -0.2) is 4.79 Å². The molecule has 1 aromatic heterocycles. The minimum atomic E-state index is -1.02. The van der Waals surface area contributed by atoms with Crippen molar-refractivity contribution < 1.29 is 19.1 Å². The highest BCUT2D eigenvalue weighted by atomic mass is 16.6. The molecule has 1 amide bonds. The fourth-order valence-corrected chi connectivity index (χ4v) is 1.83. The summed E-state index contributed by atoms with van der Waals surface area (Å²) in [6.07, 6.45) is 0.168.